The van der Waals surface area contributed by atoms with Crippen molar-refractivity contribution in [2.75, 3.05) is 6.61 Å². The molecule has 0 spiro atoms. The highest BCUT2D eigenvalue weighted by Gasteiger charge is 2.54. The van der Waals surface area contributed by atoms with Crippen LogP contribution in [0, 0.1) is 5.82 Å². The Labute approximate surface area is 158 Å². The second kappa shape index (κ2) is 7.43. The summed E-state index contributed by atoms with van der Waals surface area (Å²) in [7, 11) is -0.771. The molecule has 0 aromatic heterocycles. The van der Waals surface area contributed by atoms with Crippen LogP contribution in [0.4, 0.5) is 4.39 Å². The average Bonchev–Trinajstić information content (AvgIpc) is 2.69. The van der Waals surface area contributed by atoms with Gasteiger partial charge in [0.2, 0.25) is 0 Å². The third kappa shape index (κ3) is 4.30. The van der Waals surface area contributed by atoms with Crippen LogP contribution in [0.15, 0.2) is 12.1 Å². The quantitative estimate of drug-likeness (QED) is 0.411. The van der Waals surface area contributed by atoms with Gasteiger partial charge in [-0.2, -0.15) is 0 Å². The smallest absolute Gasteiger partial charge is 0.466 e. The Kier molecular flexibility index (Phi) is 6.09. The Morgan fingerprint density at radius 1 is 1.20 bits per heavy atom. The molecular formula is C17H22BCl2FO4. The van der Waals surface area contributed by atoms with Gasteiger partial charge in [0.05, 0.1) is 29.3 Å². The van der Waals surface area contributed by atoms with Gasteiger partial charge in [-0.05, 0) is 52.3 Å². The first-order valence-corrected chi connectivity index (χ1v) is 8.90. The molecule has 1 fully saturated rings. The normalized spacial score (nSPS) is 19.8. The fourth-order valence-corrected chi connectivity index (χ4v) is 3.15. The molecule has 0 bridgehead atoms. The SMILES string of the molecule is CCOC(=O)CC(B1OC(C)(C)C(C)(C)O1)c1cc(F)c(Cl)cc1Cl. The molecule has 8 heteroatoms. The highest BCUT2D eigenvalue weighted by atomic mass is 35.5. The van der Waals surface area contributed by atoms with Crippen LogP contribution in [0.3, 0.4) is 0 Å². The molecule has 1 heterocycles. The minimum absolute atomic E-state index is 0.0501. The van der Waals surface area contributed by atoms with Crippen molar-refractivity contribution in [2.24, 2.45) is 0 Å². The first-order chi connectivity index (χ1) is 11.5. The molecule has 1 unspecified atom stereocenters. The molecule has 1 aromatic rings. The van der Waals surface area contributed by atoms with Crippen molar-refractivity contribution in [1.29, 1.82) is 0 Å². The summed E-state index contributed by atoms with van der Waals surface area (Å²) in [6.45, 7) is 9.57. The zero-order chi connectivity index (χ0) is 19.0. The van der Waals surface area contributed by atoms with Crippen LogP contribution in [0.5, 0.6) is 0 Å². The number of rotatable bonds is 5. The number of ether oxygens (including phenoxy) is 1. The molecule has 2 rings (SSSR count). The summed E-state index contributed by atoms with van der Waals surface area (Å²) in [4.78, 5) is 12.1. The molecule has 1 atom stereocenters. The largest absolute Gasteiger partial charge is 0.466 e. The van der Waals surface area contributed by atoms with Gasteiger partial charge in [-0.15, -0.1) is 0 Å². The summed E-state index contributed by atoms with van der Waals surface area (Å²) in [5.41, 5.74) is -0.792. The predicted molar refractivity (Wildman–Crippen MR) is 96.5 cm³/mol. The van der Waals surface area contributed by atoms with Crippen LogP contribution in [0.2, 0.25) is 10.0 Å². The average molecular weight is 391 g/mol. The first-order valence-electron chi connectivity index (χ1n) is 8.14. The van der Waals surface area contributed by atoms with E-state index in [-0.39, 0.29) is 23.1 Å². The molecule has 1 aliphatic heterocycles. The number of carbonyl (C=O) groups excluding carboxylic acids is 1. The third-order valence-corrected chi connectivity index (χ3v) is 5.35. The van der Waals surface area contributed by atoms with Crippen molar-refractivity contribution in [3.05, 3.63) is 33.6 Å². The number of esters is 1. The summed E-state index contributed by atoms with van der Waals surface area (Å²) < 4.78 is 31.1. The fraction of sp³-hybridized carbons (Fsp3) is 0.588. The Bertz CT molecular complexity index is 650. The van der Waals surface area contributed by atoms with Gasteiger partial charge in [-0.25, -0.2) is 4.39 Å². The second-order valence-electron chi connectivity index (χ2n) is 7.03. The Balaban J connectivity index is 2.41. The lowest BCUT2D eigenvalue weighted by atomic mass is 9.66. The lowest BCUT2D eigenvalue weighted by Gasteiger charge is -2.32. The van der Waals surface area contributed by atoms with Gasteiger partial charge < -0.3 is 14.0 Å². The van der Waals surface area contributed by atoms with E-state index >= 15 is 0 Å². The van der Waals surface area contributed by atoms with Crippen molar-refractivity contribution < 1.29 is 23.2 Å². The predicted octanol–water partition coefficient (Wildman–Crippen LogP) is 4.80. The fourth-order valence-electron chi connectivity index (χ4n) is 2.63. The lowest BCUT2D eigenvalue weighted by molar-refractivity contribution is -0.143. The van der Waals surface area contributed by atoms with Crippen molar-refractivity contribution in [2.45, 2.75) is 58.1 Å². The molecule has 0 radical (unpaired) electrons. The summed E-state index contributed by atoms with van der Waals surface area (Å²) >= 11 is 12.0. The Morgan fingerprint density at radius 3 is 2.28 bits per heavy atom. The Hall–Kier alpha value is -0.815. The van der Waals surface area contributed by atoms with E-state index < -0.39 is 35.9 Å². The zero-order valence-corrected chi connectivity index (χ0v) is 16.5. The van der Waals surface area contributed by atoms with Crippen LogP contribution in [0.25, 0.3) is 0 Å². The van der Waals surface area contributed by atoms with E-state index in [9.17, 15) is 9.18 Å². The molecule has 25 heavy (non-hydrogen) atoms. The molecule has 4 nitrogen and oxygen atoms in total. The van der Waals surface area contributed by atoms with E-state index in [1.807, 2.05) is 27.7 Å². The number of halogens is 3. The zero-order valence-electron chi connectivity index (χ0n) is 15.0. The molecule has 0 saturated carbocycles. The molecule has 0 amide bonds. The number of hydrogen-bond acceptors (Lipinski definition) is 4. The summed E-state index contributed by atoms with van der Waals surface area (Å²) in [6.07, 6.45) is -0.0501. The maximum absolute atomic E-state index is 14.0. The van der Waals surface area contributed by atoms with Crippen LogP contribution in [-0.4, -0.2) is 30.9 Å². The summed E-state index contributed by atoms with van der Waals surface area (Å²) in [6, 6.07) is 2.54. The molecular weight excluding hydrogens is 369 g/mol. The number of carbonyl (C=O) groups is 1. The topological polar surface area (TPSA) is 44.8 Å². The molecule has 1 aromatic carbocycles. The Morgan fingerprint density at radius 2 is 1.76 bits per heavy atom. The van der Waals surface area contributed by atoms with Crippen LogP contribution < -0.4 is 0 Å². The minimum atomic E-state index is -0.771. The van der Waals surface area contributed by atoms with Gasteiger partial charge >= 0.3 is 13.1 Å². The summed E-state index contributed by atoms with van der Waals surface area (Å²) in [5.74, 6) is -1.68. The number of hydrogen-bond donors (Lipinski definition) is 0. The van der Waals surface area contributed by atoms with E-state index in [0.29, 0.717) is 5.56 Å². The lowest BCUT2D eigenvalue weighted by Crippen LogP contribution is -2.41. The van der Waals surface area contributed by atoms with Crippen molar-refractivity contribution in [3.63, 3.8) is 0 Å². The van der Waals surface area contributed by atoms with E-state index in [4.69, 9.17) is 37.2 Å². The van der Waals surface area contributed by atoms with Crippen LogP contribution in [-0.2, 0) is 18.8 Å². The third-order valence-electron chi connectivity index (χ3n) is 4.73. The van der Waals surface area contributed by atoms with Gasteiger partial charge in [-0.1, -0.05) is 23.2 Å². The van der Waals surface area contributed by atoms with Crippen molar-refractivity contribution >= 4 is 36.3 Å². The summed E-state index contributed by atoms with van der Waals surface area (Å²) in [5, 5.41) is 0.160. The molecule has 1 saturated heterocycles. The highest BCUT2D eigenvalue weighted by molar-refractivity contribution is 6.48. The van der Waals surface area contributed by atoms with E-state index in [1.54, 1.807) is 6.92 Å². The maximum atomic E-state index is 14.0. The van der Waals surface area contributed by atoms with Gasteiger partial charge in [0, 0.05) is 10.8 Å². The van der Waals surface area contributed by atoms with Crippen LogP contribution in [0.1, 0.15) is 52.4 Å². The van der Waals surface area contributed by atoms with Crippen molar-refractivity contribution in [1.82, 2.24) is 0 Å². The van der Waals surface area contributed by atoms with Gasteiger partial charge in [-0.3, -0.25) is 4.79 Å². The molecule has 1 aliphatic rings. The van der Waals surface area contributed by atoms with E-state index in [0.717, 1.165) is 0 Å². The van der Waals surface area contributed by atoms with Crippen LogP contribution >= 0.6 is 23.2 Å². The van der Waals surface area contributed by atoms with E-state index in [1.165, 1.54) is 12.1 Å². The molecule has 0 aliphatic carbocycles. The van der Waals surface area contributed by atoms with Gasteiger partial charge in [0.1, 0.15) is 5.82 Å². The van der Waals surface area contributed by atoms with Crippen molar-refractivity contribution in [3.8, 4) is 0 Å². The monoisotopic (exact) mass is 390 g/mol. The van der Waals surface area contributed by atoms with E-state index in [2.05, 4.69) is 0 Å². The molecule has 138 valence electrons. The molecule has 0 N–H and O–H groups in total. The maximum Gasteiger partial charge on any atom is 0.466 e. The van der Waals surface area contributed by atoms with Gasteiger partial charge in [0.15, 0.2) is 0 Å². The second-order valence-corrected chi connectivity index (χ2v) is 7.84. The first kappa shape index (κ1) is 20.5. The standard InChI is InChI=1S/C17H22BCl2FO4/c1-6-23-15(22)8-11(10-7-14(21)13(20)9-12(10)19)18-24-16(2,3)17(4,5)25-18/h7,9,11H,6,8H2,1-5H3. The minimum Gasteiger partial charge on any atom is -0.466 e. The van der Waals surface area contributed by atoms with Gasteiger partial charge in [0.25, 0.3) is 0 Å². The highest BCUT2D eigenvalue weighted by Crippen LogP contribution is 2.43. The number of benzene rings is 1.